The van der Waals surface area contributed by atoms with Crippen molar-refractivity contribution in [2.75, 3.05) is 0 Å². The van der Waals surface area contributed by atoms with Gasteiger partial charge >= 0.3 is 0 Å². The van der Waals surface area contributed by atoms with E-state index >= 15 is 0 Å². The van der Waals surface area contributed by atoms with Crippen LogP contribution in [0.1, 0.15) is 45.7 Å². The number of benzene rings is 2. The minimum Gasteiger partial charge on any atom is -0.304 e. The maximum absolute atomic E-state index is 8.81. The van der Waals surface area contributed by atoms with Crippen LogP contribution in [0.15, 0.2) is 60.7 Å². The molecule has 0 radical (unpaired) electrons. The first-order valence-electron chi connectivity index (χ1n) is 7.38. The average molecular weight is 282 g/mol. The zero-order chi connectivity index (χ0) is 16.3. The SMILES string of the molecule is C(#Cc1ccccc1)c1ccccc1.CC.CC.CC=O. The molecule has 0 N–H and O–H groups in total. The van der Waals surface area contributed by atoms with Gasteiger partial charge in [0.15, 0.2) is 0 Å². The highest BCUT2D eigenvalue weighted by molar-refractivity contribution is 5.44. The standard InChI is InChI=1S/C14H10.C2H4O.2C2H6/c1-3-7-13(8-4-1)11-12-14-9-5-2-6-10-14;1-2-3;2*1-2/h1-10H;2H,1H3;2*1-2H3. The van der Waals surface area contributed by atoms with Gasteiger partial charge in [0, 0.05) is 11.1 Å². The molecule has 0 spiro atoms. The molecule has 0 aliphatic carbocycles. The first-order valence-corrected chi connectivity index (χ1v) is 7.38. The van der Waals surface area contributed by atoms with Crippen LogP contribution in [0.4, 0.5) is 0 Å². The lowest BCUT2D eigenvalue weighted by molar-refractivity contribution is -0.106. The van der Waals surface area contributed by atoms with Gasteiger partial charge in [0.25, 0.3) is 0 Å². The second kappa shape index (κ2) is 17.7. The zero-order valence-corrected chi connectivity index (χ0v) is 13.8. The molecule has 2 rings (SSSR count). The van der Waals surface area contributed by atoms with Crippen molar-refractivity contribution in [3.63, 3.8) is 0 Å². The first-order chi connectivity index (χ1) is 10.4. The Bertz CT molecular complexity index is 446. The summed E-state index contributed by atoms with van der Waals surface area (Å²) in [7, 11) is 0. The maximum Gasteiger partial charge on any atom is 0.116 e. The van der Waals surface area contributed by atoms with Crippen LogP contribution in [-0.2, 0) is 4.79 Å². The smallest absolute Gasteiger partial charge is 0.116 e. The van der Waals surface area contributed by atoms with Crippen molar-refractivity contribution in [2.45, 2.75) is 34.6 Å². The van der Waals surface area contributed by atoms with Gasteiger partial charge in [-0.05, 0) is 31.2 Å². The molecule has 2 aromatic carbocycles. The van der Waals surface area contributed by atoms with Crippen molar-refractivity contribution in [3.8, 4) is 11.8 Å². The van der Waals surface area contributed by atoms with Gasteiger partial charge in [-0.25, -0.2) is 0 Å². The second-order valence-corrected chi connectivity index (χ2v) is 3.22. The highest BCUT2D eigenvalue weighted by Gasteiger charge is 1.83. The summed E-state index contributed by atoms with van der Waals surface area (Å²) in [5.41, 5.74) is 2.10. The molecule has 112 valence electrons. The summed E-state index contributed by atoms with van der Waals surface area (Å²) < 4.78 is 0. The number of hydrogen-bond donors (Lipinski definition) is 0. The molecular formula is C20H26O. The van der Waals surface area contributed by atoms with Gasteiger partial charge in [-0.15, -0.1) is 0 Å². The lowest BCUT2D eigenvalue weighted by Gasteiger charge is -1.88. The van der Waals surface area contributed by atoms with Crippen molar-refractivity contribution < 1.29 is 4.79 Å². The van der Waals surface area contributed by atoms with E-state index in [9.17, 15) is 0 Å². The molecule has 0 aliphatic rings. The fourth-order valence-corrected chi connectivity index (χ4v) is 1.19. The summed E-state index contributed by atoms with van der Waals surface area (Å²) >= 11 is 0. The van der Waals surface area contributed by atoms with Crippen LogP contribution in [0.3, 0.4) is 0 Å². The van der Waals surface area contributed by atoms with Crippen LogP contribution in [-0.4, -0.2) is 6.29 Å². The fraction of sp³-hybridized carbons (Fsp3) is 0.250. The number of rotatable bonds is 0. The highest BCUT2D eigenvalue weighted by atomic mass is 16.1. The van der Waals surface area contributed by atoms with E-state index in [-0.39, 0.29) is 0 Å². The van der Waals surface area contributed by atoms with Gasteiger partial charge in [-0.3, -0.25) is 0 Å². The highest BCUT2D eigenvalue weighted by Crippen LogP contribution is 1.98. The Morgan fingerprint density at radius 1 is 0.667 bits per heavy atom. The Labute approximate surface area is 130 Å². The fourth-order valence-electron chi connectivity index (χ4n) is 1.19. The minimum absolute atomic E-state index is 0.750. The summed E-state index contributed by atoms with van der Waals surface area (Å²) in [6, 6.07) is 20.0. The van der Waals surface area contributed by atoms with E-state index in [1.807, 2.05) is 88.4 Å². The van der Waals surface area contributed by atoms with Gasteiger partial charge in [-0.2, -0.15) is 0 Å². The molecule has 0 atom stereocenters. The first kappa shape index (κ1) is 21.0. The van der Waals surface area contributed by atoms with Crippen molar-refractivity contribution in [2.24, 2.45) is 0 Å². The molecule has 0 saturated carbocycles. The van der Waals surface area contributed by atoms with Crippen LogP contribution in [0.5, 0.6) is 0 Å². The van der Waals surface area contributed by atoms with Crippen LogP contribution < -0.4 is 0 Å². The van der Waals surface area contributed by atoms with Gasteiger partial charge in [0.1, 0.15) is 6.29 Å². The van der Waals surface area contributed by atoms with Gasteiger partial charge in [0.05, 0.1) is 0 Å². The van der Waals surface area contributed by atoms with E-state index in [1.165, 1.54) is 6.92 Å². The quantitative estimate of drug-likeness (QED) is 0.470. The third-order valence-electron chi connectivity index (χ3n) is 1.90. The molecule has 0 bridgehead atoms. The molecular weight excluding hydrogens is 256 g/mol. The molecule has 0 fully saturated rings. The van der Waals surface area contributed by atoms with Gasteiger partial charge in [-0.1, -0.05) is 75.9 Å². The Kier molecular flexibility index (Phi) is 17.7. The molecule has 0 unspecified atom stereocenters. The van der Waals surface area contributed by atoms with Crippen LogP contribution in [0, 0.1) is 11.8 Å². The Morgan fingerprint density at radius 3 is 1.14 bits per heavy atom. The largest absolute Gasteiger partial charge is 0.304 e. The Morgan fingerprint density at radius 2 is 0.905 bits per heavy atom. The normalized spacial score (nSPS) is 7.10. The predicted molar refractivity (Wildman–Crippen MR) is 93.3 cm³/mol. The molecule has 1 nitrogen and oxygen atoms in total. The lowest BCUT2D eigenvalue weighted by atomic mass is 10.2. The third kappa shape index (κ3) is 12.4. The van der Waals surface area contributed by atoms with E-state index in [2.05, 4.69) is 11.8 Å². The van der Waals surface area contributed by atoms with Crippen molar-refractivity contribution >= 4 is 6.29 Å². The second-order valence-electron chi connectivity index (χ2n) is 3.22. The molecule has 0 heterocycles. The summed E-state index contributed by atoms with van der Waals surface area (Å²) in [6.07, 6.45) is 0.750. The number of carbonyl (C=O) groups is 1. The molecule has 21 heavy (non-hydrogen) atoms. The van der Waals surface area contributed by atoms with E-state index in [0.29, 0.717) is 0 Å². The monoisotopic (exact) mass is 282 g/mol. The molecule has 0 amide bonds. The van der Waals surface area contributed by atoms with Crippen LogP contribution in [0.25, 0.3) is 0 Å². The Balaban J connectivity index is 0. The lowest BCUT2D eigenvalue weighted by Crippen LogP contribution is -1.73. The third-order valence-corrected chi connectivity index (χ3v) is 1.90. The van der Waals surface area contributed by atoms with Crippen molar-refractivity contribution in [1.29, 1.82) is 0 Å². The molecule has 0 aromatic heterocycles. The number of hydrogen-bond acceptors (Lipinski definition) is 1. The number of carbonyl (C=O) groups excluding carboxylic acids is 1. The van der Waals surface area contributed by atoms with E-state index < -0.39 is 0 Å². The van der Waals surface area contributed by atoms with Gasteiger partial charge < -0.3 is 4.79 Å². The van der Waals surface area contributed by atoms with Crippen molar-refractivity contribution in [3.05, 3.63) is 71.8 Å². The topological polar surface area (TPSA) is 17.1 Å². The van der Waals surface area contributed by atoms with E-state index in [1.54, 1.807) is 0 Å². The predicted octanol–water partition coefficient (Wildman–Crippen LogP) is 5.34. The summed E-state index contributed by atoms with van der Waals surface area (Å²) in [4.78, 5) is 8.81. The van der Waals surface area contributed by atoms with Crippen molar-refractivity contribution in [1.82, 2.24) is 0 Å². The maximum atomic E-state index is 8.81. The van der Waals surface area contributed by atoms with Crippen LogP contribution >= 0.6 is 0 Å². The summed E-state index contributed by atoms with van der Waals surface area (Å²) in [6.45, 7) is 9.44. The average Bonchev–Trinajstić information content (AvgIpc) is 2.59. The Hall–Kier alpha value is -2.33. The zero-order valence-electron chi connectivity index (χ0n) is 13.8. The van der Waals surface area contributed by atoms with Crippen LogP contribution in [0.2, 0.25) is 0 Å². The molecule has 2 aromatic rings. The molecule has 0 saturated heterocycles. The van der Waals surface area contributed by atoms with E-state index in [0.717, 1.165) is 17.4 Å². The number of aldehydes is 1. The minimum atomic E-state index is 0.750. The van der Waals surface area contributed by atoms with Gasteiger partial charge in [0.2, 0.25) is 0 Å². The molecule has 1 heteroatoms. The van der Waals surface area contributed by atoms with E-state index in [4.69, 9.17) is 4.79 Å². The summed E-state index contributed by atoms with van der Waals surface area (Å²) in [5.74, 6) is 6.22. The summed E-state index contributed by atoms with van der Waals surface area (Å²) in [5, 5.41) is 0. The molecule has 0 aliphatic heterocycles.